The highest BCUT2D eigenvalue weighted by Crippen LogP contribution is 2.31. The van der Waals surface area contributed by atoms with Gasteiger partial charge in [-0.15, -0.1) is 0 Å². The van der Waals surface area contributed by atoms with E-state index in [1.165, 1.54) is 18.0 Å². The number of halogens is 3. The molecule has 1 aromatic carbocycles. The van der Waals surface area contributed by atoms with Gasteiger partial charge in [0.05, 0.1) is 12.0 Å². The molecule has 7 heteroatoms. The van der Waals surface area contributed by atoms with E-state index in [-0.39, 0.29) is 31.2 Å². The summed E-state index contributed by atoms with van der Waals surface area (Å²) in [6.07, 6.45) is -4.56. The van der Waals surface area contributed by atoms with E-state index < -0.39 is 17.7 Å². The topological polar surface area (TPSA) is 57.6 Å². The number of carboxylic acid groups (broad SMARTS) is 1. The van der Waals surface area contributed by atoms with Gasteiger partial charge < -0.3 is 10.0 Å². The molecule has 1 N–H and O–H groups in total. The Labute approximate surface area is 126 Å². The van der Waals surface area contributed by atoms with Crippen LogP contribution in [0.4, 0.5) is 13.2 Å². The summed E-state index contributed by atoms with van der Waals surface area (Å²) in [4.78, 5) is 23.7. The largest absolute Gasteiger partial charge is 0.481 e. The van der Waals surface area contributed by atoms with E-state index in [0.29, 0.717) is 5.56 Å². The minimum atomic E-state index is -4.42. The molecule has 0 fully saturated rings. The van der Waals surface area contributed by atoms with Crippen LogP contribution in [-0.4, -0.2) is 35.5 Å². The van der Waals surface area contributed by atoms with Gasteiger partial charge in [0.15, 0.2) is 0 Å². The number of rotatable bonds is 6. The van der Waals surface area contributed by atoms with Crippen molar-refractivity contribution in [2.45, 2.75) is 31.9 Å². The van der Waals surface area contributed by atoms with E-state index in [9.17, 15) is 22.8 Å². The highest BCUT2D eigenvalue weighted by molar-refractivity contribution is 5.77. The van der Waals surface area contributed by atoms with E-state index in [2.05, 4.69) is 0 Å². The van der Waals surface area contributed by atoms with Crippen molar-refractivity contribution in [1.82, 2.24) is 4.90 Å². The number of amides is 1. The van der Waals surface area contributed by atoms with Crippen LogP contribution < -0.4 is 0 Å². The van der Waals surface area contributed by atoms with Crippen LogP contribution in [0.25, 0.3) is 0 Å². The zero-order valence-corrected chi connectivity index (χ0v) is 12.4. The van der Waals surface area contributed by atoms with E-state index in [0.717, 1.165) is 12.1 Å². The molecule has 1 amide bonds. The summed E-state index contributed by atoms with van der Waals surface area (Å²) in [7, 11) is 1.48. The lowest BCUT2D eigenvalue weighted by molar-refractivity contribution is -0.139. The molecule has 0 saturated heterocycles. The summed E-state index contributed by atoms with van der Waals surface area (Å²) < 4.78 is 38.0. The molecule has 122 valence electrons. The van der Waals surface area contributed by atoms with Crippen molar-refractivity contribution in [1.29, 1.82) is 0 Å². The van der Waals surface area contributed by atoms with Crippen LogP contribution in [0.1, 0.15) is 36.8 Å². The lowest BCUT2D eigenvalue weighted by Gasteiger charge is -2.19. The minimum absolute atomic E-state index is 0.0252. The van der Waals surface area contributed by atoms with Crippen LogP contribution in [0, 0.1) is 0 Å². The predicted molar refractivity (Wildman–Crippen MR) is 74.4 cm³/mol. The summed E-state index contributed by atoms with van der Waals surface area (Å²) in [5.74, 6) is -1.70. The molecule has 0 aromatic heterocycles. The van der Waals surface area contributed by atoms with Crippen molar-refractivity contribution in [3.8, 4) is 0 Å². The molecule has 1 atom stereocenters. The Bertz CT molecular complexity index is 543. The number of carboxylic acids is 1. The third-order valence-electron chi connectivity index (χ3n) is 3.35. The highest BCUT2D eigenvalue weighted by atomic mass is 19.4. The average molecular weight is 317 g/mol. The van der Waals surface area contributed by atoms with Crippen LogP contribution in [0.2, 0.25) is 0 Å². The maximum Gasteiger partial charge on any atom is 0.416 e. The Morgan fingerprint density at radius 1 is 1.32 bits per heavy atom. The van der Waals surface area contributed by atoms with Crippen molar-refractivity contribution < 1.29 is 27.9 Å². The van der Waals surface area contributed by atoms with Crippen molar-refractivity contribution in [2.75, 3.05) is 13.6 Å². The second-order valence-electron chi connectivity index (χ2n) is 5.19. The predicted octanol–water partition coefficient (Wildman–Crippen LogP) is 3.13. The molecule has 4 nitrogen and oxygen atoms in total. The van der Waals surface area contributed by atoms with Gasteiger partial charge in [-0.3, -0.25) is 9.59 Å². The van der Waals surface area contributed by atoms with E-state index in [1.807, 2.05) is 0 Å². The van der Waals surface area contributed by atoms with Gasteiger partial charge in [-0.2, -0.15) is 13.2 Å². The lowest BCUT2D eigenvalue weighted by Crippen LogP contribution is -2.29. The molecule has 0 heterocycles. The molecule has 0 aliphatic heterocycles. The lowest BCUT2D eigenvalue weighted by atomic mass is 9.95. The molecule has 0 bridgehead atoms. The molecule has 0 radical (unpaired) electrons. The van der Waals surface area contributed by atoms with Crippen molar-refractivity contribution in [3.05, 3.63) is 35.4 Å². The minimum Gasteiger partial charge on any atom is -0.481 e. The van der Waals surface area contributed by atoms with E-state index in [1.54, 1.807) is 13.0 Å². The van der Waals surface area contributed by atoms with Gasteiger partial charge in [0.25, 0.3) is 0 Å². The number of benzene rings is 1. The summed E-state index contributed by atoms with van der Waals surface area (Å²) in [5, 5.41) is 8.57. The average Bonchev–Trinajstić information content (AvgIpc) is 2.43. The normalized spacial score (nSPS) is 12.8. The smallest absolute Gasteiger partial charge is 0.416 e. The van der Waals surface area contributed by atoms with E-state index in [4.69, 9.17) is 5.11 Å². The standard InChI is InChI=1S/C15H18F3NO3/c1-10(8-13(20)19(2)7-6-14(21)22)11-4-3-5-12(9-11)15(16,17)18/h3-5,9-10H,6-8H2,1-2H3,(H,21,22). The molecule has 0 aliphatic carbocycles. The second kappa shape index (κ2) is 7.29. The van der Waals surface area contributed by atoms with Gasteiger partial charge in [0, 0.05) is 20.0 Å². The Hall–Kier alpha value is -2.05. The Morgan fingerprint density at radius 3 is 2.50 bits per heavy atom. The van der Waals surface area contributed by atoms with Gasteiger partial charge in [0.1, 0.15) is 0 Å². The molecule has 1 rings (SSSR count). The van der Waals surface area contributed by atoms with Crippen molar-refractivity contribution in [3.63, 3.8) is 0 Å². The number of carbonyl (C=O) groups excluding carboxylic acids is 1. The summed E-state index contributed by atoms with van der Waals surface area (Å²) in [6.45, 7) is 1.74. The van der Waals surface area contributed by atoms with Crippen LogP contribution >= 0.6 is 0 Å². The fourth-order valence-corrected chi connectivity index (χ4v) is 1.95. The number of nitrogens with zero attached hydrogens (tertiary/aromatic N) is 1. The Morgan fingerprint density at radius 2 is 1.95 bits per heavy atom. The van der Waals surface area contributed by atoms with Gasteiger partial charge in [-0.1, -0.05) is 25.1 Å². The summed E-state index contributed by atoms with van der Waals surface area (Å²) in [5.41, 5.74) is -0.321. The second-order valence-corrected chi connectivity index (χ2v) is 5.19. The van der Waals surface area contributed by atoms with Crippen LogP contribution in [0.15, 0.2) is 24.3 Å². The molecular formula is C15H18F3NO3. The van der Waals surface area contributed by atoms with Crippen molar-refractivity contribution >= 4 is 11.9 Å². The van der Waals surface area contributed by atoms with Gasteiger partial charge >= 0.3 is 12.1 Å². The molecule has 0 saturated carbocycles. The van der Waals surface area contributed by atoms with Gasteiger partial charge in [-0.25, -0.2) is 0 Å². The SMILES string of the molecule is CC(CC(=O)N(C)CCC(=O)O)c1cccc(C(F)(F)F)c1. The third kappa shape index (κ3) is 5.38. The number of hydrogen-bond donors (Lipinski definition) is 1. The first kappa shape index (κ1) is 18.0. The molecular weight excluding hydrogens is 299 g/mol. The van der Waals surface area contributed by atoms with Crippen LogP contribution in [-0.2, 0) is 15.8 Å². The van der Waals surface area contributed by atoms with Crippen molar-refractivity contribution in [2.24, 2.45) is 0 Å². The van der Waals surface area contributed by atoms with Crippen LogP contribution in [0.3, 0.4) is 0 Å². The quantitative estimate of drug-likeness (QED) is 0.877. The summed E-state index contributed by atoms with van der Waals surface area (Å²) >= 11 is 0. The maximum absolute atomic E-state index is 12.7. The first-order chi connectivity index (χ1) is 10.1. The van der Waals surface area contributed by atoms with E-state index >= 15 is 0 Å². The number of hydrogen-bond acceptors (Lipinski definition) is 2. The first-order valence-electron chi connectivity index (χ1n) is 6.74. The fraction of sp³-hybridized carbons (Fsp3) is 0.467. The monoisotopic (exact) mass is 317 g/mol. The van der Waals surface area contributed by atoms with Crippen LogP contribution in [0.5, 0.6) is 0 Å². The maximum atomic E-state index is 12.7. The highest BCUT2D eigenvalue weighted by Gasteiger charge is 2.30. The molecule has 22 heavy (non-hydrogen) atoms. The molecule has 1 unspecified atom stereocenters. The molecule has 0 spiro atoms. The number of aliphatic carboxylic acids is 1. The zero-order valence-electron chi connectivity index (χ0n) is 12.4. The van der Waals surface area contributed by atoms with Gasteiger partial charge in [0.2, 0.25) is 5.91 Å². The number of alkyl halides is 3. The Kier molecular flexibility index (Phi) is 5.96. The Balaban J connectivity index is 2.70. The van der Waals surface area contributed by atoms with Gasteiger partial charge in [-0.05, 0) is 17.5 Å². The fourth-order valence-electron chi connectivity index (χ4n) is 1.95. The zero-order chi connectivity index (χ0) is 16.9. The first-order valence-corrected chi connectivity index (χ1v) is 6.74. The molecule has 0 aliphatic rings. The number of carbonyl (C=O) groups is 2. The molecule has 1 aromatic rings. The third-order valence-corrected chi connectivity index (χ3v) is 3.35. The summed E-state index contributed by atoms with van der Waals surface area (Å²) in [6, 6.07) is 4.88.